The van der Waals surface area contributed by atoms with Crippen molar-refractivity contribution >= 4 is 44.7 Å². The van der Waals surface area contributed by atoms with Crippen molar-refractivity contribution in [3.8, 4) is 0 Å². The zero-order valence-electron chi connectivity index (χ0n) is 9.59. The summed E-state index contributed by atoms with van der Waals surface area (Å²) in [6, 6.07) is 6.23. The van der Waals surface area contributed by atoms with Crippen LogP contribution in [0.4, 0.5) is 11.8 Å². The molecule has 3 heterocycles. The predicted octanol–water partition coefficient (Wildman–Crippen LogP) is 2.99. The first-order chi connectivity index (χ1) is 8.83. The maximum atomic E-state index is 5.70. The minimum absolute atomic E-state index is 0.323. The van der Waals surface area contributed by atoms with E-state index in [9.17, 15) is 0 Å². The normalized spacial score (nSPS) is 10.9. The third kappa shape index (κ3) is 2.30. The van der Waals surface area contributed by atoms with Crippen molar-refractivity contribution < 1.29 is 0 Å². The number of nitrogens with one attached hydrogen (secondary N) is 1. The van der Waals surface area contributed by atoms with Crippen molar-refractivity contribution in [1.29, 1.82) is 0 Å². The van der Waals surface area contributed by atoms with E-state index in [1.54, 1.807) is 22.7 Å². The molecule has 0 fully saturated rings. The molecular weight excluding hydrogens is 264 g/mol. The molecule has 0 aliphatic heterocycles. The Morgan fingerprint density at radius 3 is 2.94 bits per heavy atom. The lowest BCUT2D eigenvalue weighted by molar-refractivity contribution is 1.03. The zero-order chi connectivity index (χ0) is 12.4. The Kier molecular flexibility index (Phi) is 3.12. The van der Waals surface area contributed by atoms with Gasteiger partial charge in [-0.1, -0.05) is 6.07 Å². The highest BCUT2D eigenvalue weighted by Crippen LogP contribution is 2.25. The molecule has 18 heavy (non-hydrogen) atoms. The molecule has 3 rings (SSSR count). The number of nitrogens with two attached hydrogens (primary N) is 1. The second kappa shape index (κ2) is 4.91. The van der Waals surface area contributed by atoms with Crippen molar-refractivity contribution in [3.63, 3.8) is 0 Å². The molecule has 0 unspecified atom stereocenters. The monoisotopic (exact) mass is 276 g/mol. The van der Waals surface area contributed by atoms with Crippen LogP contribution in [0.2, 0.25) is 0 Å². The lowest BCUT2D eigenvalue weighted by Crippen LogP contribution is -2.07. The summed E-state index contributed by atoms with van der Waals surface area (Å²) in [6.07, 6.45) is 0.993. The molecule has 4 nitrogen and oxygen atoms in total. The van der Waals surface area contributed by atoms with Crippen LogP contribution in [0.15, 0.2) is 29.0 Å². The highest BCUT2D eigenvalue weighted by Gasteiger charge is 2.06. The van der Waals surface area contributed by atoms with Crippen LogP contribution >= 0.6 is 22.7 Å². The van der Waals surface area contributed by atoms with Crippen LogP contribution in [0.25, 0.3) is 10.2 Å². The molecule has 0 aliphatic rings. The van der Waals surface area contributed by atoms with Crippen LogP contribution in [0.5, 0.6) is 0 Å². The maximum Gasteiger partial charge on any atom is 0.223 e. The second-order valence-corrected chi connectivity index (χ2v) is 5.75. The molecule has 0 atom stereocenters. The van der Waals surface area contributed by atoms with E-state index in [0.29, 0.717) is 5.95 Å². The number of fused-ring (bicyclic) bond motifs is 1. The minimum Gasteiger partial charge on any atom is -0.369 e. The van der Waals surface area contributed by atoms with E-state index in [0.717, 1.165) is 29.0 Å². The number of nitrogens with zero attached hydrogens (tertiary/aromatic N) is 2. The Labute approximate surface area is 113 Å². The van der Waals surface area contributed by atoms with E-state index in [1.807, 2.05) is 11.4 Å². The average molecular weight is 276 g/mol. The number of anilines is 2. The summed E-state index contributed by atoms with van der Waals surface area (Å²) in [4.78, 5) is 10.8. The van der Waals surface area contributed by atoms with Gasteiger partial charge in [-0.05, 0) is 29.3 Å². The number of hydrogen-bond donors (Lipinski definition) is 2. The summed E-state index contributed by atoms with van der Waals surface area (Å²) in [5.74, 6) is 1.15. The zero-order valence-corrected chi connectivity index (χ0v) is 11.2. The molecular formula is C12H12N4S2. The van der Waals surface area contributed by atoms with E-state index in [-0.39, 0.29) is 0 Å². The van der Waals surface area contributed by atoms with Crippen LogP contribution in [0.1, 0.15) is 4.88 Å². The van der Waals surface area contributed by atoms with Crippen LogP contribution in [0.3, 0.4) is 0 Å². The van der Waals surface area contributed by atoms with E-state index >= 15 is 0 Å². The van der Waals surface area contributed by atoms with Crippen LogP contribution in [-0.2, 0) is 6.42 Å². The second-order valence-electron chi connectivity index (χ2n) is 3.83. The Morgan fingerprint density at radius 2 is 2.11 bits per heavy atom. The number of aromatic nitrogens is 2. The molecule has 0 saturated heterocycles. The SMILES string of the molecule is Nc1nc(NCCc2cccs2)c2ccsc2n1. The van der Waals surface area contributed by atoms with Crippen molar-refractivity contribution in [2.45, 2.75) is 6.42 Å². The van der Waals surface area contributed by atoms with Crippen molar-refractivity contribution in [2.24, 2.45) is 0 Å². The first kappa shape index (κ1) is 11.4. The molecule has 0 aliphatic carbocycles. The van der Waals surface area contributed by atoms with Gasteiger partial charge in [0.2, 0.25) is 5.95 Å². The number of hydrogen-bond acceptors (Lipinski definition) is 6. The van der Waals surface area contributed by atoms with Gasteiger partial charge in [0, 0.05) is 11.4 Å². The first-order valence-corrected chi connectivity index (χ1v) is 7.36. The van der Waals surface area contributed by atoms with Gasteiger partial charge < -0.3 is 11.1 Å². The molecule has 3 N–H and O–H groups in total. The quantitative estimate of drug-likeness (QED) is 0.769. The first-order valence-electron chi connectivity index (χ1n) is 5.60. The molecule has 92 valence electrons. The largest absolute Gasteiger partial charge is 0.369 e. The standard InChI is InChI=1S/C12H12N4S2/c13-12-15-10(9-4-7-18-11(9)16-12)14-5-3-8-2-1-6-17-8/h1-2,4,6-7H,3,5H2,(H3,13,14,15,16). The summed E-state index contributed by atoms with van der Waals surface area (Å²) in [5, 5.41) is 8.47. The lowest BCUT2D eigenvalue weighted by atomic mass is 10.3. The van der Waals surface area contributed by atoms with Gasteiger partial charge in [0.15, 0.2) is 0 Å². The fraction of sp³-hybridized carbons (Fsp3) is 0.167. The average Bonchev–Trinajstić information content (AvgIpc) is 2.98. The van der Waals surface area contributed by atoms with E-state index < -0.39 is 0 Å². The molecule has 0 aromatic carbocycles. The van der Waals surface area contributed by atoms with Crippen molar-refractivity contribution in [2.75, 3.05) is 17.6 Å². The summed E-state index contributed by atoms with van der Waals surface area (Å²) in [6.45, 7) is 0.849. The summed E-state index contributed by atoms with van der Waals surface area (Å²) < 4.78 is 0. The van der Waals surface area contributed by atoms with Gasteiger partial charge >= 0.3 is 0 Å². The Hall–Kier alpha value is -1.66. The summed E-state index contributed by atoms with van der Waals surface area (Å²) >= 11 is 3.35. The fourth-order valence-electron chi connectivity index (χ4n) is 1.77. The molecule has 0 saturated carbocycles. The highest BCUT2D eigenvalue weighted by molar-refractivity contribution is 7.16. The number of nitrogen functional groups attached to an aromatic ring is 1. The smallest absolute Gasteiger partial charge is 0.223 e. The maximum absolute atomic E-state index is 5.70. The van der Waals surface area contributed by atoms with Crippen molar-refractivity contribution in [1.82, 2.24) is 9.97 Å². The summed E-state index contributed by atoms with van der Waals surface area (Å²) in [5.41, 5.74) is 5.70. The summed E-state index contributed by atoms with van der Waals surface area (Å²) in [7, 11) is 0. The van der Waals surface area contributed by atoms with Gasteiger partial charge in [-0.3, -0.25) is 0 Å². The molecule has 3 aromatic rings. The predicted molar refractivity (Wildman–Crippen MR) is 78.3 cm³/mol. The van der Waals surface area contributed by atoms with Crippen LogP contribution in [0, 0.1) is 0 Å². The van der Waals surface area contributed by atoms with Crippen LogP contribution in [-0.4, -0.2) is 16.5 Å². The van der Waals surface area contributed by atoms with Gasteiger partial charge in [0.05, 0.1) is 5.39 Å². The molecule has 3 aromatic heterocycles. The third-order valence-corrected chi connectivity index (χ3v) is 4.33. The molecule has 6 heteroatoms. The van der Waals surface area contributed by atoms with Gasteiger partial charge in [-0.15, -0.1) is 22.7 Å². The molecule has 0 spiro atoms. The van der Waals surface area contributed by atoms with Gasteiger partial charge in [0.1, 0.15) is 10.6 Å². The van der Waals surface area contributed by atoms with Gasteiger partial charge in [-0.25, -0.2) is 4.98 Å². The minimum atomic E-state index is 0.323. The Balaban J connectivity index is 1.75. The number of thiophene rings is 2. The fourth-order valence-corrected chi connectivity index (χ4v) is 3.25. The molecule has 0 bridgehead atoms. The van der Waals surface area contributed by atoms with Crippen LogP contribution < -0.4 is 11.1 Å². The molecule has 0 radical (unpaired) electrons. The topological polar surface area (TPSA) is 63.8 Å². The van der Waals surface area contributed by atoms with E-state index in [1.165, 1.54) is 4.88 Å². The Morgan fingerprint density at radius 1 is 1.17 bits per heavy atom. The van der Waals surface area contributed by atoms with E-state index in [4.69, 9.17) is 5.73 Å². The number of rotatable bonds is 4. The van der Waals surface area contributed by atoms with E-state index in [2.05, 4.69) is 32.8 Å². The van der Waals surface area contributed by atoms with Crippen molar-refractivity contribution in [3.05, 3.63) is 33.8 Å². The van der Waals surface area contributed by atoms with Gasteiger partial charge in [-0.2, -0.15) is 4.98 Å². The highest BCUT2D eigenvalue weighted by atomic mass is 32.1. The van der Waals surface area contributed by atoms with Gasteiger partial charge in [0.25, 0.3) is 0 Å². The third-order valence-electron chi connectivity index (χ3n) is 2.59. The molecule has 0 amide bonds. The Bertz CT molecular complexity index is 645. The lowest BCUT2D eigenvalue weighted by Gasteiger charge is -2.06.